The molecule has 16 heavy (non-hydrogen) atoms. The first-order valence-corrected chi connectivity index (χ1v) is 5.61. The summed E-state index contributed by atoms with van der Waals surface area (Å²) in [5, 5.41) is 3.08. The van der Waals surface area contributed by atoms with Crippen LogP contribution in [-0.2, 0) is 19.0 Å². The highest BCUT2D eigenvalue weighted by molar-refractivity contribution is 5.75. The van der Waals surface area contributed by atoms with Gasteiger partial charge in [-0.25, -0.2) is 0 Å². The highest BCUT2D eigenvalue weighted by Crippen LogP contribution is 1.93. The van der Waals surface area contributed by atoms with Gasteiger partial charge in [-0.15, -0.1) is 0 Å². The van der Waals surface area contributed by atoms with Gasteiger partial charge in [-0.2, -0.15) is 0 Å². The second kappa shape index (κ2) is 9.57. The third kappa shape index (κ3) is 7.62. The van der Waals surface area contributed by atoms with Crippen molar-refractivity contribution in [2.24, 2.45) is 0 Å². The lowest BCUT2D eigenvalue weighted by Crippen LogP contribution is -2.44. The van der Waals surface area contributed by atoms with Crippen molar-refractivity contribution in [2.75, 3.05) is 33.5 Å². The molecule has 0 spiro atoms. The van der Waals surface area contributed by atoms with Crippen LogP contribution in [0.3, 0.4) is 0 Å². The van der Waals surface area contributed by atoms with Gasteiger partial charge in [-0.1, -0.05) is 13.8 Å². The topological polar surface area (TPSA) is 56.8 Å². The van der Waals surface area contributed by atoms with Crippen LogP contribution in [0.4, 0.5) is 0 Å². The van der Waals surface area contributed by atoms with Crippen LogP contribution >= 0.6 is 0 Å². The second-order valence-corrected chi connectivity index (χ2v) is 3.67. The van der Waals surface area contributed by atoms with Gasteiger partial charge < -0.3 is 19.5 Å². The van der Waals surface area contributed by atoms with E-state index in [2.05, 4.69) is 10.1 Å². The smallest absolute Gasteiger partial charge is 0.325 e. The summed E-state index contributed by atoms with van der Waals surface area (Å²) < 4.78 is 15.1. The molecule has 0 radical (unpaired) electrons. The molecular formula is C11H23NO4. The number of methoxy groups -OCH3 is 1. The van der Waals surface area contributed by atoms with Gasteiger partial charge in [0.05, 0.1) is 26.9 Å². The zero-order valence-electron chi connectivity index (χ0n) is 10.6. The van der Waals surface area contributed by atoms with E-state index >= 15 is 0 Å². The van der Waals surface area contributed by atoms with Gasteiger partial charge in [-0.3, -0.25) is 4.79 Å². The largest absolute Gasteiger partial charge is 0.468 e. The molecule has 0 aromatic heterocycles. The third-order valence-electron chi connectivity index (χ3n) is 1.88. The second-order valence-electron chi connectivity index (χ2n) is 3.67. The first-order valence-electron chi connectivity index (χ1n) is 5.61. The number of ether oxygens (including phenoxy) is 3. The van der Waals surface area contributed by atoms with Crippen molar-refractivity contribution in [1.82, 2.24) is 5.32 Å². The van der Waals surface area contributed by atoms with E-state index in [0.29, 0.717) is 26.4 Å². The SMILES string of the molecule is CCOCCOCC(NC(C)C)C(=O)OC. The average molecular weight is 233 g/mol. The van der Waals surface area contributed by atoms with Gasteiger partial charge >= 0.3 is 5.97 Å². The Hall–Kier alpha value is -0.650. The Morgan fingerprint density at radius 1 is 1.25 bits per heavy atom. The molecule has 5 nitrogen and oxygen atoms in total. The van der Waals surface area contributed by atoms with E-state index in [4.69, 9.17) is 9.47 Å². The van der Waals surface area contributed by atoms with Gasteiger partial charge in [0.15, 0.2) is 0 Å². The molecule has 0 bridgehead atoms. The summed E-state index contributed by atoms with van der Waals surface area (Å²) in [5.74, 6) is -0.301. The van der Waals surface area contributed by atoms with Crippen molar-refractivity contribution in [3.8, 4) is 0 Å². The molecule has 1 unspecified atom stereocenters. The zero-order chi connectivity index (χ0) is 12.4. The Bertz CT molecular complexity index is 185. The Labute approximate surface area is 97.4 Å². The minimum Gasteiger partial charge on any atom is -0.468 e. The lowest BCUT2D eigenvalue weighted by Gasteiger charge is -2.18. The van der Waals surface area contributed by atoms with Crippen molar-refractivity contribution in [3.63, 3.8) is 0 Å². The van der Waals surface area contributed by atoms with Crippen molar-refractivity contribution >= 4 is 5.97 Å². The van der Waals surface area contributed by atoms with Gasteiger partial charge in [-0.05, 0) is 6.92 Å². The predicted octanol–water partition coefficient (Wildman–Crippen LogP) is 0.579. The minimum absolute atomic E-state index is 0.208. The molecule has 0 rings (SSSR count). The molecule has 0 aliphatic heterocycles. The Kier molecular flexibility index (Phi) is 9.18. The molecule has 96 valence electrons. The summed E-state index contributed by atoms with van der Waals surface area (Å²) >= 11 is 0. The number of nitrogens with one attached hydrogen (secondary N) is 1. The fourth-order valence-corrected chi connectivity index (χ4v) is 1.19. The first-order chi connectivity index (χ1) is 7.61. The van der Waals surface area contributed by atoms with Crippen LogP contribution in [-0.4, -0.2) is 51.6 Å². The van der Waals surface area contributed by atoms with Crippen molar-refractivity contribution in [2.45, 2.75) is 32.9 Å². The van der Waals surface area contributed by atoms with Crippen LogP contribution < -0.4 is 5.32 Å². The van der Waals surface area contributed by atoms with E-state index in [0.717, 1.165) is 0 Å². The van der Waals surface area contributed by atoms with Gasteiger partial charge in [0, 0.05) is 12.6 Å². The molecule has 0 aromatic rings. The molecule has 0 aliphatic carbocycles. The molecule has 0 aromatic carbocycles. The lowest BCUT2D eigenvalue weighted by atomic mass is 10.2. The van der Waals surface area contributed by atoms with Crippen LogP contribution in [0.25, 0.3) is 0 Å². The molecular weight excluding hydrogens is 210 g/mol. The highest BCUT2D eigenvalue weighted by atomic mass is 16.5. The molecule has 0 aliphatic rings. The number of rotatable bonds is 9. The van der Waals surface area contributed by atoms with Crippen LogP contribution in [0.5, 0.6) is 0 Å². The fourth-order valence-electron chi connectivity index (χ4n) is 1.19. The van der Waals surface area contributed by atoms with Gasteiger partial charge in [0.25, 0.3) is 0 Å². The molecule has 5 heteroatoms. The predicted molar refractivity (Wildman–Crippen MR) is 61.4 cm³/mol. The van der Waals surface area contributed by atoms with Crippen LogP contribution in [0, 0.1) is 0 Å². The maximum Gasteiger partial charge on any atom is 0.325 e. The number of hydrogen-bond donors (Lipinski definition) is 1. The summed E-state index contributed by atoms with van der Waals surface area (Å²) in [7, 11) is 1.37. The molecule has 1 N–H and O–H groups in total. The summed E-state index contributed by atoms with van der Waals surface area (Å²) in [6, 6.07) is -0.203. The average Bonchev–Trinajstić information content (AvgIpc) is 2.25. The standard InChI is InChI=1S/C11H23NO4/c1-5-15-6-7-16-8-10(11(13)14-4)12-9(2)3/h9-10,12H,5-8H2,1-4H3. The van der Waals surface area contributed by atoms with Crippen molar-refractivity contribution < 1.29 is 19.0 Å². The fraction of sp³-hybridized carbons (Fsp3) is 0.909. The third-order valence-corrected chi connectivity index (χ3v) is 1.88. The Balaban J connectivity index is 3.79. The summed E-state index contributed by atoms with van der Waals surface area (Å²) in [6.45, 7) is 7.88. The van der Waals surface area contributed by atoms with E-state index < -0.39 is 6.04 Å². The van der Waals surface area contributed by atoms with Gasteiger partial charge in [0.1, 0.15) is 6.04 Å². The van der Waals surface area contributed by atoms with Gasteiger partial charge in [0.2, 0.25) is 0 Å². The number of esters is 1. The van der Waals surface area contributed by atoms with E-state index in [9.17, 15) is 4.79 Å². The monoisotopic (exact) mass is 233 g/mol. The summed E-state index contributed by atoms with van der Waals surface area (Å²) in [6.07, 6.45) is 0. The van der Waals surface area contributed by atoms with Crippen molar-refractivity contribution in [1.29, 1.82) is 0 Å². The number of carbonyl (C=O) groups excluding carboxylic acids is 1. The molecule has 0 saturated carbocycles. The highest BCUT2D eigenvalue weighted by Gasteiger charge is 2.19. The molecule has 1 atom stereocenters. The summed E-state index contributed by atoms with van der Waals surface area (Å²) in [4.78, 5) is 11.4. The van der Waals surface area contributed by atoms with Crippen molar-refractivity contribution in [3.05, 3.63) is 0 Å². The maximum absolute atomic E-state index is 11.4. The first kappa shape index (κ1) is 15.3. The van der Waals surface area contributed by atoms with Crippen LogP contribution in [0.1, 0.15) is 20.8 Å². The molecule has 0 saturated heterocycles. The zero-order valence-corrected chi connectivity index (χ0v) is 10.6. The molecule has 0 fully saturated rings. The van der Waals surface area contributed by atoms with Crippen LogP contribution in [0.15, 0.2) is 0 Å². The quantitative estimate of drug-likeness (QED) is 0.466. The maximum atomic E-state index is 11.4. The molecule has 0 amide bonds. The Morgan fingerprint density at radius 3 is 2.38 bits per heavy atom. The minimum atomic E-state index is -0.411. The normalized spacial score (nSPS) is 12.8. The van der Waals surface area contributed by atoms with Crippen LogP contribution in [0.2, 0.25) is 0 Å². The molecule has 0 heterocycles. The number of hydrogen-bond acceptors (Lipinski definition) is 5. The van der Waals surface area contributed by atoms with E-state index in [1.165, 1.54) is 7.11 Å². The summed E-state index contributed by atoms with van der Waals surface area (Å²) in [5.41, 5.74) is 0. The van der Waals surface area contributed by atoms with E-state index in [-0.39, 0.29) is 12.0 Å². The Morgan fingerprint density at radius 2 is 1.88 bits per heavy atom. The lowest BCUT2D eigenvalue weighted by molar-refractivity contribution is -0.145. The van der Waals surface area contributed by atoms with E-state index in [1.54, 1.807) is 0 Å². The number of carbonyl (C=O) groups is 1. The van der Waals surface area contributed by atoms with E-state index in [1.807, 2.05) is 20.8 Å².